The molecule has 120 valence electrons. The van der Waals surface area contributed by atoms with Crippen LogP contribution in [0, 0.1) is 5.92 Å². The fourth-order valence-electron chi connectivity index (χ4n) is 1.94. The average molecular weight is 311 g/mol. The van der Waals surface area contributed by atoms with Crippen molar-refractivity contribution >= 4 is 22.4 Å². The van der Waals surface area contributed by atoms with Gasteiger partial charge in [0.25, 0.3) is 0 Å². The fourth-order valence-corrected chi connectivity index (χ4v) is 2.69. The monoisotopic (exact) mass is 311 g/mol. The van der Waals surface area contributed by atoms with Crippen LogP contribution in [0.3, 0.4) is 0 Å². The highest BCUT2D eigenvalue weighted by Gasteiger charge is 2.05. The van der Waals surface area contributed by atoms with Crippen LogP contribution in [-0.2, 0) is 6.54 Å². The Bertz CT molecular complexity index is 439. The third-order valence-corrected chi connectivity index (χ3v) is 4.20. The van der Waals surface area contributed by atoms with Crippen LogP contribution in [0.1, 0.15) is 45.7 Å². The maximum atomic E-state index is 5.92. The lowest BCUT2D eigenvalue weighted by Gasteiger charge is -2.14. The van der Waals surface area contributed by atoms with Crippen LogP contribution in [0.15, 0.2) is 10.4 Å². The molecule has 1 rings (SSSR count). The lowest BCUT2D eigenvalue weighted by molar-refractivity contribution is 0.493. The molecule has 5 nitrogen and oxygen atoms in total. The third-order valence-electron chi connectivity index (χ3n) is 3.15. The molecule has 1 aromatic rings. The maximum absolute atomic E-state index is 5.92. The van der Waals surface area contributed by atoms with Gasteiger partial charge in [-0.15, -0.1) is 11.3 Å². The molecule has 0 aliphatic carbocycles. The molecule has 0 aliphatic rings. The normalized spacial score (nSPS) is 13.5. The molecule has 0 aliphatic heterocycles. The van der Waals surface area contributed by atoms with Crippen molar-refractivity contribution in [1.29, 1.82) is 0 Å². The number of aliphatic imine (C=N–C) groups is 1. The Morgan fingerprint density at radius 3 is 2.67 bits per heavy atom. The highest BCUT2D eigenvalue weighted by Crippen LogP contribution is 2.18. The number of nitrogens with one attached hydrogen (secondary N) is 1. The summed E-state index contributed by atoms with van der Waals surface area (Å²) in [4.78, 5) is 10.8. The van der Waals surface area contributed by atoms with Crippen molar-refractivity contribution in [2.75, 3.05) is 19.0 Å². The highest BCUT2D eigenvalue weighted by molar-refractivity contribution is 7.13. The number of hydrogen-bond acceptors (Lipinski definition) is 4. The summed E-state index contributed by atoms with van der Waals surface area (Å²) in [7, 11) is 3.97. The van der Waals surface area contributed by atoms with Crippen molar-refractivity contribution in [3.05, 3.63) is 11.1 Å². The zero-order valence-electron chi connectivity index (χ0n) is 13.9. The molecular weight excluding hydrogens is 282 g/mol. The SMILES string of the molecule is CC(C)CCCC(C)NC(N)=NCc1csc(N(C)C)n1. The summed E-state index contributed by atoms with van der Waals surface area (Å²) in [5, 5.41) is 6.27. The molecule has 0 aromatic carbocycles. The third kappa shape index (κ3) is 7.32. The van der Waals surface area contributed by atoms with E-state index in [0.717, 1.165) is 23.2 Å². The number of guanidine groups is 1. The minimum atomic E-state index is 0.361. The molecule has 1 aromatic heterocycles. The topological polar surface area (TPSA) is 66.5 Å². The summed E-state index contributed by atoms with van der Waals surface area (Å²) in [6.07, 6.45) is 3.60. The van der Waals surface area contributed by atoms with E-state index in [1.165, 1.54) is 12.8 Å². The Balaban J connectivity index is 2.34. The first kappa shape index (κ1) is 17.8. The van der Waals surface area contributed by atoms with Crippen LogP contribution >= 0.6 is 11.3 Å². The Labute approximate surface area is 132 Å². The van der Waals surface area contributed by atoms with Gasteiger partial charge in [0.05, 0.1) is 12.2 Å². The molecule has 1 unspecified atom stereocenters. The fraction of sp³-hybridized carbons (Fsp3) is 0.733. The summed E-state index contributed by atoms with van der Waals surface area (Å²) in [6.45, 7) is 7.19. The first-order valence-electron chi connectivity index (χ1n) is 7.56. The van der Waals surface area contributed by atoms with Crippen LogP contribution < -0.4 is 16.0 Å². The molecule has 0 saturated carbocycles. The summed E-state index contributed by atoms with van der Waals surface area (Å²) in [5.74, 6) is 1.27. The predicted molar refractivity (Wildman–Crippen MR) is 93.1 cm³/mol. The van der Waals surface area contributed by atoms with E-state index in [2.05, 4.69) is 36.1 Å². The van der Waals surface area contributed by atoms with E-state index in [1.54, 1.807) is 11.3 Å². The van der Waals surface area contributed by atoms with Crippen molar-refractivity contribution in [3.63, 3.8) is 0 Å². The highest BCUT2D eigenvalue weighted by atomic mass is 32.1. The molecule has 0 amide bonds. The Kier molecular flexibility index (Phi) is 7.50. The first-order chi connectivity index (χ1) is 9.88. The average Bonchev–Trinajstić information content (AvgIpc) is 2.84. The quantitative estimate of drug-likeness (QED) is 0.572. The second-order valence-corrected chi connectivity index (χ2v) is 6.92. The van der Waals surface area contributed by atoms with Crippen molar-refractivity contribution in [2.45, 2.75) is 52.6 Å². The minimum absolute atomic E-state index is 0.361. The number of thiazole rings is 1. The van der Waals surface area contributed by atoms with Gasteiger partial charge in [0.2, 0.25) is 0 Å². The Morgan fingerprint density at radius 1 is 1.38 bits per heavy atom. The molecule has 0 fully saturated rings. The summed E-state index contributed by atoms with van der Waals surface area (Å²) in [5.41, 5.74) is 6.88. The number of hydrogen-bond donors (Lipinski definition) is 2. The van der Waals surface area contributed by atoms with Crippen molar-refractivity contribution in [2.24, 2.45) is 16.6 Å². The summed E-state index contributed by atoms with van der Waals surface area (Å²) >= 11 is 1.62. The zero-order chi connectivity index (χ0) is 15.8. The van der Waals surface area contributed by atoms with E-state index in [0.29, 0.717) is 18.5 Å². The molecule has 1 heterocycles. The van der Waals surface area contributed by atoms with Crippen LogP contribution in [0.25, 0.3) is 0 Å². The zero-order valence-corrected chi connectivity index (χ0v) is 14.7. The largest absolute Gasteiger partial charge is 0.370 e. The molecule has 0 saturated heterocycles. The second-order valence-electron chi connectivity index (χ2n) is 6.09. The molecule has 3 N–H and O–H groups in total. The van der Waals surface area contributed by atoms with Crippen LogP contribution in [0.5, 0.6) is 0 Å². The van der Waals surface area contributed by atoms with Gasteiger partial charge in [-0.25, -0.2) is 9.98 Å². The molecule has 6 heteroatoms. The van der Waals surface area contributed by atoms with Crippen LogP contribution in [0.4, 0.5) is 5.13 Å². The van der Waals surface area contributed by atoms with E-state index in [4.69, 9.17) is 5.73 Å². The molecular formula is C15H29N5S. The van der Waals surface area contributed by atoms with Gasteiger partial charge in [-0.2, -0.15) is 0 Å². The van der Waals surface area contributed by atoms with Gasteiger partial charge in [0.15, 0.2) is 11.1 Å². The molecule has 0 bridgehead atoms. The van der Waals surface area contributed by atoms with E-state index < -0.39 is 0 Å². The van der Waals surface area contributed by atoms with Gasteiger partial charge in [0, 0.05) is 25.5 Å². The van der Waals surface area contributed by atoms with Crippen molar-refractivity contribution in [3.8, 4) is 0 Å². The Hall–Kier alpha value is -1.30. The van der Waals surface area contributed by atoms with Crippen LogP contribution in [0.2, 0.25) is 0 Å². The summed E-state index contributed by atoms with van der Waals surface area (Å²) in [6, 6.07) is 0.361. The number of nitrogens with zero attached hydrogens (tertiary/aromatic N) is 3. The first-order valence-corrected chi connectivity index (χ1v) is 8.44. The standard InChI is InChI=1S/C15H29N5S/c1-11(2)7-6-8-12(3)18-14(16)17-9-13-10-21-15(19-13)20(4)5/h10-12H,6-9H2,1-5H3,(H3,16,17,18). The van der Waals surface area contributed by atoms with E-state index in [-0.39, 0.29) is 0 Å². The number of rotatable bonds is 8. The molecule has 0 radical (unpaired) electrons. The number of nitrogens with two attached hydrogens (primary N) is 1. The molecule has 0 spiro atoms. The Morgan fingerprint density at radius 2 is 2.10 bits per heavy atom. The van der Waals surface area contributed by atoms with Gasteiger partial charge in [-0.1, -0.05) is 26.7 Å². The lowest BCUT2D eigenvalue weighted by Crippen LogP contribution is -2.38. The minimum Gasteiger partial charge on any atom is -0.370 e. The van der Waals surface area contributed by atoms with Crippen molar-refractivity contribution < 1.29 is 0 Å². The number of anilines is 1. The van der Waals surface area contributed by atoms with Gasteiger partial charge >= 0.3 is 0 Å². The summed E-state index contributed by atoms with van der Waals surface area (Å²) < 4.78 is 0. The smallest absolute Gasteiger partial charge is 0.189 e. The van der Waals surface area contributed by atoms with E-state index in [9.17, 15) is 0 Å². The van der Waals surface area contributed by atoms with Gasteiger partial charge < -0.3 is 16.0 Å². The molecule has 21 heavy (non-hydrogen) atoms. The predicted octanol–water partition coefficient (Wildman–Crippen LogP) is 2.83. The van der Waals surface area contributed by atoms with Gasteiger partial charge in [0.1, 0.15) is 0 Å². The van der Waals surface area contributed by atoms with Gasteiger partial charge in [-0.3, -0.25) is 0 Å². The maximum Gasteiger partial charge on any atom is 0.189 e. The lowest BCUT2D eigenvalue weighted by atomic mass is 10.0. The van der Waals surface area contributed by atoms with E-state index in [1.807, 2.05) is 24.4 Å². The van der Waals surface area contributed by atoms with Crippen LogP contribution in [-0.4, -0.2) is 31.1 Å². The number of aromatic nitrogens is 1. The van der Waals surface area contributed by atoms with Gasteiger partial charge in [-0.05, 0) is 19.3 Å². The van der Waals surface area contributed by atoms with E-state index >= 15 is 0 Å². The van der Waals surface area contributed by atoms with Crippen molar-refractivity contribution in [1.82, 2.24) is 10.3 Å². The molecule has 1 atom stereocenters. The second kappa shape index (κ2) is 8.87.